The van der Waals surface area contributed by atoms with Gasteiger partial charge in [-0.1, -0.05) is 12.1 Å². The summed E-state index contributed by atoms with van der Waals surface area (Å²) in [6.07, 6.45) is 1.81. The quantitative estimate of drug-likeness (QED) is 0.673. The third-order valence-electron chi connectivity index (χ3n) is 4.79. The molecule has 0 aliphatic carbocycles. The van der Waals surface area contributed by atoms with Crippen molar-refractivity contribution < 1.29 is 12.9 Å². The molecule has 3 heterocycles. The van der Waals surface area contributed by atoms with Crippen molar-refractivity contribution in [2.45, 2.75) is 26.3 Å². The predicted octanol–water partition coefficient (Wildman–Crippen LogP) is -0.368. The predicted molar refractivity (Wildman–Crippen MR) is 93.1 cm³/mol. The van der Waals surface area contributed by atoms with Gasteiger partial charge in [0.15, 0.2) is 5.82 Å². The zero-order chi connectivity index (χ0) is 17.9. The van der Waals surface area contributed by atoms with Crippen LogP contribution in [0, 0.1) is 0 Å². The van der Waals surface area contributed by atoms with Gasteiger partial charge in [-0.15, -0.1) is 0 Å². The van der Waals surface area contributed by atoms with Crippen molar-refractivity contribution in [1.29, 1.82) is 0 Å². The third-order valence-corrected chi connectivity index (χ3v) is 6.82. The van der Waals surface area contributed by atoms with E-state index < -0.39 is 10.2 Å². The smallest absolute Gasteiger partial charge is 0.282 e. The summed E-state index contributed by atoms with van der Waals surface area (Å²) in [6, 6.07) is 0. The molecule has 1 aromatic rings. The van der Waals surface area contributed by atoms with E-state index in [9.17, 15) is 8.42 Å². The summed E-state index contributed by atoms with van der Waals surface area (Å²) in [5, 5.41) is 3.96. The summed E-state index contributed by atoms with van der Waals surface area (Å²) >= 11 is 0. The molecule has 0 saturated carbocycles. The van der Waals surface area contributed by atoms with E-state index in [0.29, 0.717) is 51.7 Å². The lowest BCUT2D eigenvalue weighted by Gasteiger charge is -2.38. The molecule has 0 N–H and O–H groups in total. The summed E-state index contributed by atoms with van der Waals surface area (Å²) in [5.41, 5.74) is 0. The van der Waals surface area contributed by atoms with Crippen molar-refractivity contribution in [3.8, 4) is 0 Å². The van der Waals surface area contributed by atoms with E-state index in [1.807, 2.05) is 7.05 Å². The first-order valence-corrected chi connectivity index (χ1v) is 10.4. The molecule has 25 heavy (non-hydrogen) atoms. The second kappa shape index (κ2) is 8.09. The minimum atomic E-state index is -3.35. The second-order valence-electron chi connectivity index (χ2n) is 6.74. The number of hydrogen-bond donors (Lipinski definition) is 0. The lowest BCUT2D eigenvalue weighted by Crippen LogP contribution is -2.56. The summed E-state index contributed by atoms with van der Waals surface area (Å²) in [4.78, 5) is 8.70. The molecule has 0 unspecified atom stereocenters. The second-order valence-corrected chi connectivity index (χ2v) is 8.67. The maximum Gasteiger partial charge on any atom is 0.282 e. The average Bonchev–Trinajstić information content (AvgIpc) is 3.03. The van der Waals surface area contributed by atoms with Crippen LogP contribution < -0.4 is 0 Å². The lowest BCUT2D eigenvalue weighted by molar-refractivity contribution is 0.152. The van der Waals surface area contributed by atoms with E-state index in [1.54, 1.807) is 8.61 Å². The molecular formula is C15H28N6O3S. The fraction of sp³-hybridized carbons (Fsp3) is 0.867. The molecule has 10 heteroatoms. The Balaban J connectivity index is 1.50. The lowest BCUT2D eigenvalue weighted by atomic mass is 10.3. The summed E-state index contributed by atoms with van der Waals surface area (Å²) in [5.74, 6) is 1.35. The highest BCUT2D eigenvalue weighted by Gasteiger charge is 2.33. The van der Waals surface area contributed by atoms with Gasteiger partial charge in [-0.25, -0.2) is 0 Å². The molecule has 3 rings (SSSR count). The van der Waals surface area contributed by atoms with Crippen molar-refractivity contribution in [3.63, 3.8) is 0 Å². The maximum atomic E-state index is 12.8. The van der Waals surface area contributed by atoms with Crippen LogP contribution in [0.2, 0.25) is 0 Å². The Kier molecular flexibility index (Phi) is 6.05. The fourth-order valence-electron chi connectivity index (χ4n) is 3.17. The van der Waals surface area contributed by atoms with Gasteiger partial charge in [-0.3, -0.25) is 4.90 Å². The van der Waals surface area contributed by atoms with Gasteiger partial charge < -0.3 is 9.42 Å². The molecule has 0 atom stereocenters. The molecule has 0 radical (unpaired) electrons. The van der Waals surface area contributed by atoms with Crippen LogP contribution in [-0.4, -0.2) is 96.4 Å². The Morgan fingerprint density at radius 2 is 1.60 bits per heavy atom. The number of piperazine rings is 2. The van der Waals surface area contributed by atoms with Crippen molar-refractivity contribution in [2.75, 3.05) is 59.4 Å². The van der Waals surface area contributed by atoms with Gasteiger partial charge >= 0.3 is 0 Å². The normalized spacial score (nSPS) is 22.5. The monoisotopic (exact) mass is 372 g/mol. The number of hydrogen-bond acceptors (Lipinski definition) is 7. The van der Waals surface area contributed by atoms with E-state index in [1.165, 1.54) is 0 Å². The van der Waals surface area contributed by atoms with Crippen LogP contribution in [-0.2, 0) is 23.2 Å². The van der Waals surface area contributed by atoms with Gasteiger partial charge in [0, 0.05) is 58.8 Å². The number of likely N-dealkylation sites (N-methyl/N-ethyl adjacent to an activating group) is 1. The molecule has 2 aliphatic heterocycles. The molecule has 9 nitrogen and oxygen atoms in total. The summed E-state index contributed by atoms with van der Waals surface area (Å²) < 4.78 is 34.0. The number of rotatable bonds is 6. The average molecular weight is 372 g/mol. The van der Waals surface area contributed by atoms with Crippen LogP contribution >= 0.6 is 0 Å². The summed E-state index contributed by atoms with van der Waals surface area (Å²) in [6.45, 7) is 7.75. The highest BCUT2D eigenvalue weighted by Crippen LogP contribution is 2.15. The maximum absolute atomic E-state index is 12.8. The highest BCUT2D eigenvalue weighted by molar-refractivity contribution is 7.86. The van der Waals surface area contributed by atoms with Crippen LogP contribution in [0.5, 0.6) is 0 Å². The van der Waals surface area contributed by atoms with Gasteiger partial charge in [0.25, 0.3) is 10.2 Å². The SMILES string of the molecule is CCCc1noc(CN2CCN(S(=O)(=O)N3CCN(C)CC3)CC2)n1. The van der Waals surface area contributed by atoms with Crippen LogP contribution in [0.25, 0.3) is 0 Å². The molecule has 0 bridgehead atoms. The van der Waals surface area contributed by atoms with Crippen LogP contribution in [0.15, 0.2) is 4.52 Å². The third kappa shape index (κ3) is 4.56. The van der Waals surface area contributed by atoms with Crippen LogP contribution in [0.4, 0.5) is 0 Å². The zero-order valence-electron chi connectivity index (χ0n) is 15.1. The van der Waals surface area contributed by atoms with Crippen molar-refractivity contribution in [2.24, 2.45) is 0 Å². The minimum Gasteiger partial charge on any atom is -0.338 e. The Bertz CT molecular complexity index is 648. The molecule has 2 fully saturated rings. The highest BCUT2D eigenvalue weighted by atomic mass is 32.2. The van der Waals surface area contributed by atoms with Crippen LogP contribution in [0.1, 0.15) is 25.1 Å². The van der Waals surface area contributed by atoms with E-state index >= 15 is 0 Å². The minimum absolute atomic E-state index is 0.505. The van der Waals surface area contributed by atoms with E-state index in [-0.39, 0.29) is 0 Å². The zero-order valence-corrected chi connectivity index (χ0v) is 15.9. The van der Waals surface area contributed by atoms with Gasteiger partial charge in [-0.2, -0.15) is 22.0 Å². The molecule has 1 aromatic heterocycles. The first kappa shape index (κ1) is 18.7. The first-order valence-electron chi connectivity index (χ1n) is 8.96. The standard InChI is InChI=1S/C15H28N6O3S/c1-3-4-14-16-15(24-17-14)13-19-7-11-21(12-8-19)25(22,23)20-9-5-18(2)6-10-20/h3-13H2,1-2H3. The molecule has 0 spiro atoms. The van der Waals surface area contributed by atoms with Crippen LogP contribution in [0.3, 0.4) is 0 Å². The van der Waals surface area contributed by atoms with E-state index in [2.05, 4.69) is 26.9 Å². The number of nitrogens with zero attached hydrogens (tertiary/aromatic N) is 6. The number of aryl methyl sites for hydroxylation is 1. The van der Waals surface area contributed by atoms with E-state index in [0.717, 1.165) is 31.8 Å². The molecule has 2 aliphatic rings. The van der Waals surface area contributed by atoms with Gasteiger partial charge in [0.1, 0.15) is 0 Å². The van der Waals surface area contributed by atoms with Crippen molar-refractivity contribution >= 4 is 10.2 Å². The largest absolute Gasteiger partial charge is 0.338 e. The first-order chi connectivity index (χ1) is 12.0. The Morgan fingerprint density at radius 1 is 1.00 bits per heavy atom. The molecule has 0 aromatic carbocycles. The molecule has 142 valence electrons. The molecule has 0 amide bonds. The molecule has 2 saturated heterocycles. The Hall–Kier alpha value is -1.07. The fourth-order valence-corrected chi connectivity index (χ4v) is 4.75. The Morgan fingerprint density at radius 3 is 2.20 bits per heavy atom. The Labute approximate surface area is 149 Å². The van der Waals surface area contributed by atoms with Gasteiger partial charge in [0.2, 0.25) is 5.89 Å². The van der Waals surface area contributed by atoms with Crippen molar-refractivity contribution in [3.05, 3.63) is 11.7 Å². The van der Waals surface area contributed by atoms with Gasteiger partial charge in [0.05, 0.1) is 6.54 Å². The van der Waals surface area contributed by atoms with Gasteiger partial charge in [-0.05, 0) is 13.5 Å². The summed E-state index contributed by atoms with van der Waals surface area (Å²) in [7, 11) is -1.33. The van der Waals surface area contributed by atoms with E-state index in [4.69, 9.17) is 4.52 Å². The topological polar surface area (TPSA) is 86.0 Å². The molecular weight excluding hydrogens is 344 g/mol. The van der Waals surface area contributed by atoms with Crippen molar-refractivity contribution in [1.82, 2.24) is 28.6 Å². The number of aromatic nitrogens is 2.